The molecule has 2 aromatic rings. The first-order valence-electron chi connectivity index (χ1n) is 7.03. The number of hydrogen-bond donors (Lipinski definition) is 1. The Kier molecular flexibility index (Phi) is 4.61. The summed E-state index contributed by atoms with van der Waals surface area (Å²) in [5, 5.41) is 11.0. The first-order chi connectivity index (χ1) is 9.66. The predicted octanol–water partition coefficient (Wildman–Crippen LogP) is 3.97. The van der Waals surface area contributed by atoms with Gasteiger partial charge in [0.15, 0.2) is 5.60 Å². The zero-order valence-corrected chi connectivity index (χ0v) is 12.0. The van der Waals surface area contributed by atoms with Crippen LogP contribution in [0.3, 0.4) is 0 Å². The quantitative estimate of drug-likeness (QED) is 0.832. The molecule has 0 spiro atoms. The van der Waals surface area contributed by atoms with Gasteiger partial charge in [0, 0.05) is 11.5 Å². The summed E-state index contributed by atoms with van der Waals surface area (Å²) in [6.45, 7) is 4.11. The highest BCUT2D eigenvalue weighted by atomic mass is 16.3. The molecule has 2 unspecified atom stereocenters. The minimum absolute atomic E-state index is 0.0705. The van der Waals surface area contributed by atoms with E-state index in [9.17, 15) is 5.11 Å². The monoisotopic (exact) mass is 264 g/mol. The van der Waals surface area contributed by atoms with Crippen LogP contribution in [0.15, 0.2) is 60.7 Å². The van der Waals surface area contributed by atoms with Gasteiger partial charge in [0.25, 0.3) is 0 Å². The van der Waals surface area contributed by atoms with Crippen molar-refractivity contribution in [1.82, 2.24) is 0 Å². The van der Waals surface area contributed by atoms with Crippen LogP contribution < -0.4 is 0 Å². The Balaban J connectivity index is 2.42. The maximum atomic E-state index is 11.0. The van der Waals surface area contributed by atoms with Crippen molar-refractivity contribution in [3.63, 3.8) is 0 Å². The van der Waals surface area contributed by atoms with Crippen molar-refractivity contribution in [2.75, 3.05) is 0 Å². The number of hydrogen-bond acceptors (Lipinski definition) is 1. The van der Waals surface area contributed by atoms with E-state index in [0.717, 1.165) is 17.5 Å². The molecular formula is C19H20O. The van der Waals surface area contributed by atoms with Gasteiger partial charge in [-0.3, -0.25) is 0 Å². The van der Waals surface area contributed by atoms with Crippen LogP contribution in [0, 0.1) is 17.8 Å². The van der Waals surface area contributed by atoms with Gasteiger partial charge in [0.05, 0.1) is 0 Å². The number of aliphatic hydroxyl groups is 1. The van der Waals surface area contributed by atoms with Crippen molar-refractivity contribution in [2.45, 2.75) is 25.9 Å². The minimum Gasteiger partial charge on any atom is -0.373 e. The van der Waals surface area contributed by atoms with Gasteiger partial charge in [-0.2, -0.15) is 0 Å². The highest BCUT2D eigenvalue weighted by molar-refractivity contribution is 5.40. The molecule has 0 aliphatic carbocycles. The van der Waals surface area contributed by atoms with Crippen LogP contribution in [0.2, 0.25) is 0 Å². The molecule has 0 radical (unpaired) electrons. The van der Waals surface area contributed by atoms with Crippen LogP contribution in [0.5, 0.6) is 0 Å². The van der Waals surface area contributed by atoms with Crippen molar-refractivity contribution >= 4 is 0 Å². The van der Waals surface area contributed by atoms with Crippen LogP contribution in [0.1, 0.15) is 31.4 Å². The van der Waals surface area contributed by atoms with Crippen molar-refractivity contribution < 1.29 is 5.11 Å². The molecule has 0 saturated heterocycles. The van der Waals surface area contributed by atoms with E-state index in [0.29, 0.717) is 0 Å². The Morgan fingerprint density at radius 2 is 1.55 bits per heavy atom. The molecule has 0 aromatic heterocycles. The summed E-state index contributed by atoms with van der Waals surface area (Å²) < 4.78 is 0. The molecule has 0 heterocycles. The lowest BCUT2D eigenvalue weighted by molar-refractivity contribution is 0.0404. The normalized spacial score (nSPS) is 14.8. The highest BCUT2D eigenvalue weighted by Gasteiger charge is 2.32. The maximum Gasteiger partial charge on any atom is 0.153 e. The van der Waals surface area contributed by atoms with Gasteiger partial charge in [-0.15, -0.1) is 0 Å². The van der Waals surface area contributed by atoms with Gasteiger partial charge in [-0.25, -0.2) is 0 Å². The molecule has 0 aliphatic heterocycles. The molecule has 1 heteroatoms. The van der Waals surface area contributed by atoms with Gasteiger partial charge in [-0.1, -0.05) is 74.2 Å². The van der Waals surface area contributed by atoms with E-state index in [1.807, 2.05) is 67.6 Å². The Labute approximate surface area is 121 Å². The zero-order chi connectivity index (χ0) is 14.4. The summed E-state index contributed by atoms with van der Waals surface area (Å²) in [5.41, 5.74) is 0.675. The average Bonchev–Trinajstić information content (AvgIpc) is 2.53. The lowest BCUT2D eigenvalue weighted by atomic mass is 9.81. The zero-order valence-electron chi connectivity index (χ0n) is 12.0. The summed E-state index contributed by atoms with van der Waals surface area (Å²) in [5.74, 6) is 6.25. The van der Waals surface area contributed by atoms with Crippen molar-refractivity contribution in [3.05, 3.63) is 71.8 Å². The van der Waals surface area contributed by atoms with E-state index in [2.05, 4.69) is 18.8 Å². The second-order valence-corrected chi connectivity index (χ2v) is 5.06. The Morgan fingerprint density at radius 3 is 2.10 bits per heavy atom. The molecule has 0 saturated carbocycles. The van der Waals surface area contributed by atoms with E-state index >= 15 is 0 Å². The number of rotatable bonds is 3. The standard InChI is InChI=1S/C19H20O/c1-3-16(2)19(20,18-12-8-5-9-13-18)15-14-17-10-6-4-7-11-17/h4-13,16,20H,3H2,1-2H3. The van der Waals surface area contributed by atoms with Crippen LogP contribution in [0.4, 0.5) is 0 Å². The number of benzene rings is 2. The summed E-state index contributed by atoms with van der Waals surface area (Å²) in [7, 11) is 0. The summed E-state index contributed by atoms with van der Waals surface area (Å²) in [4.78, 5) is 0. The topological polar surface area (TPSA) is 20.2 Å². The molecule has 1 N–H and O–H groups in total. The fraction of sp³-hybridized carbons (Fsp3) is 0.263. The average molecular weight is 264 g/mol. The molecule has 1 nitrogen and oxygen atoms in total. The minimum atomic E-state index is -1.11. The van der Waals surface area contributed by atoms with E-state index in [1.165, 1.54) is 0 Å². The largest absolute Gasteiger partial charge is 0.373 e. The first-order valence-corrected chi connectivity index (χ1v) is 7.03. The highest BCUT2D eigenvalue weighted by Crippen LogP contribution is 2.31. The third-order valence-corrected chi connectivity index (χ3v) is 3.71. The van der Waals surface area contributed by atoms with Gasteiger partial charge >= 0.3 is 0 Å². The summed E-state index contributed by atoms with van der Waals surface area (Å²) in [6.07, 6.45) is 0.870. The fourth-order valence-corrected chi connectivity index (χ4v) is 2.16. The van der Waals surface area contributed by atoms with Gasteiger partial charge < -0.3 is 5.11 Å². The lowest BCUT2D eigenvalue weighted by Crippen LogP contribution is -2.31. The molecule has 0 amide bonds. The summed E-state index contributed by atoms with van der Waals surface area (Å²) >= 11 is 0. The third-order valence-electron chi connectivity index (χ3n) is 3.71. The molecule has 102 valence electrons. The SMILES string of the molecule is CCC(C)C(O)(C#Cc1ccccc1)c1ccccc1. The molecule has 0 aliphatic rings. The second-order valence-electron chi connectivity index (χ2n) is 5.06. The maximum absolute atomic E-state index is 11.0. The third kappa shape index (κ3) is 3.10. The first kappa shape index (κ1) is 14.4. The molecule has 0 bridgehead atoms. The molecule has 2 atom stereocenters. The smallest absolute Gasteiger partial charge is 0.153 e. The Morgan fingerprint density at radius 1 is 1.00 bits per heavy atom. The molecular weight excluding hydrogens is 244 g/mol. The molecule has 0 fully saturated rings. The van der Waals surface area contributed by atoms with Gasteiger partial charge in [0.2, 0.25) is 0 Å². The predicted molar refractivity (Wildman–Crippen MR) is 83.1 cm³/mol. The van der Waals surface area contributed by atoms with Crippen LogP contribution in [-0.2, 0) is 5.60 Å². The van der Waals surface area contributed by atoms with Crippen molar-refractivity contribution in [1.29, 1.82) is 0 Å². The lowest BCUT2D eigenvalue weighted by Gasteiger charge is -2.29. The molecule has 20 heavy (non-hydrogen) atoms. The fourth-order valence-electron chi connectivity index (χ4n) is 2.16. The van der Waals surface area contributed by atoms with E-state index < -0.39 is 5.60 Å². The van der Waals surface area contributed by atoms with E-state index in [4.69, 9.17) is 0 Å². The molecule has 2 aromatic carbocycles. The van der Waals surface area contributed by atoms with Crippen LogP contribution in [0.25, 0.3) is 0 Å². The van der Waals surface area contributed by atoms with Gasteiger partial charge in [-0.05, 0) is 24.1 Å². The van der Waals surface area contributed by atoms with E-state index in [-0.39, 0.29) is 5.92 Å². The van der Waals surface area contributed by atoms with Crippen LogP contribution >= 0.6 is 0 Å². The molecule has 2 rings (SSSR count). The Bertz CT molecular complexity index is 592. The second kappa shape index (κ2) is 6.41. The van der Waals surface area contributed by atoms with Crippen molar-refractivity contribution in [3.8, 4) is 11.8 Å². The van der Waals surface area contributed by atoms with Crippen molar-refractivity contribution in [2.24, 2.45) is 5.92 Å². The Hall–Kier alpha value is -2.04. The summed E-state index contributed by atoms with van der Waals surface area (Å²) in [6, 6.07) is 19.5. The van der Waals surface area contributed by atoms with Crippen LogP contribution in [-0.4, -0.2) is 5.11 Å². The van der Waals surface area contributed by atoms with E-state index in [1.54, 1.807) is 0 Å². The van der Waals surface area contributed by atoms with Gasteiger partial charge in [0.1, 0.15) is 0 Å².